The van der Waals surface area contributed by atoms with E-state index in [2.05, 4.69) is 5.10 Å². The van der Waals surface area contributed by atoms with Gasteiger partial charge in [0, 0.05) is 34.9 Å². The van der Waals surface area contributed by atoms with Crippen LogP contribution in [0.3, 0.4) is 0 Å². The van der Waals surface area contributed by atoms with Crippen LogP contribution < -0.4 is 0 Å². The average Bonchev–Trinajstić information content (AvgIpc) is 3.15. The van der Waals surface area contributed by atoms with E-state index in [1.807, 2.05) is 36.4 Å². The molecule has 0 amide bonds. The predicted molar refractivity (Wildman–Crippen MR) is 114 cm³/mol. The molecule has 0 aliphatic carbocycles. The van der Waals surface area contributed by atoms with Gasteiger partial charge in [0.05, 0.1) is 16.2 Å². The summed E-state index contributed by atoms with van der Waals surface area (Å²) in [6, 6.07) is 17.4. The topological polar surface area (TPSA) is 102 Å². The van der Waals surface area contributed by atoms with Crippen LogP contribution in [0.5, 0.6) is 0 Å². The van der Waals surface area contributed by atoms with Gasteiger partial charge in [0.2, 0.25) is 0 Å². The summed E-state index contributed by atoms with van der Waals surface area (Å²) in [5.74, 6) is -0.271. The van der Waals surface area contributed by atoms with E-state index in [9.17, 15) is 20.2 Å². The molecular weight excluding hydrogens is 380 g/mol. The van der Waals surface area contributed by atoms with Crippen molar-refractivity contribution >= 4 is 17.5 Å². The molecule has 1 aromatic heterocycles. The molecule has 0 atom stereocenters. The monoisotopic (exact) mass is 400 g/mol. The van der Waals surface area contributed by atoms with Gasteiger partial charge >= 0.3 is 0 Å². The summed E-state index contributed by atoms with van der Waals surface area (Å²) in [6.45, 7) is 5.27. The third-order valence-corrected chi connectivity index (χ3v) is 4.46. The maximum atomic E-state index is 12.7. The van der Waals surface area contributed by atoms with Crippen molar-refractivity contribution in [2.24, 2.45) is 5.41 Å². The summed E-state index contributed by atoms with van der Waals surface area (Å²) in [7, 11) is 0. The van der Waals surface area contributed by atoms with Gasteiger partial charge in [-0.05, 0) is 30.3 Å². The molecule has 7 heteroatoms. The number of para-hydroxylation sites is 1. The van der Waals surface area contributed by atoms with Gasteiger partial charge in [0.1, 0.15) is 11.8 Å². The second-order valence-corrected chi connectivity index (χ2v) is 7.77. The second-order valence-electron chi connectivity index (χ2n) is 7.77. The molecule has 0 unspecified atom stereocenters. The van der Waals surface area contributed by atoms with Gasteiger partial charge in [-0.1, -0.05) is 39.0 Å². The Bertz CT molecular complexity index is 1160. The first kappa shape index (κ1) is 20.7. The SMILES string of the molecule is CC(C)(C)C(=O)/C(C#N)=C/c1cn(-c2ccccc2)nc1-c1ccc([N+](=O)[O-])cc1. The molecule has 0 spiro atoms. The smallest absolute Gasteiger partial charge is 0.269 e. The maximum absolute atomic E-state index is 12.7. The van der Waals surface area contributed by atoms with Crippen molar-refractivity contribution in [3.63, 3.8) is 0 Å². The Morgan fingerprint density at radius 1 is 1.13 bits per heavy atom. The fraction of sp³-hybridized carbons (Fsp3) is 0.174. The van der Waals surface area contributed by atoms with Crippen LogP contribution >= 0.6 is 0 Å². The van der Waals surface area contributed by atoms with Crippen LogP contribution in [0, 0.1) is 26.9 Å². The highest BCUT2D eigenvalue weighted by atomic mass is 16.6. The zero-order chi connectivity index (χ0) is 21.9. The van der Waals surface area contributed by atoms with Crippen molar-refractivity contribution in [2.45, 2.75) is 20.8 Å². The number of carbonyl (C=O) groups excluding carboxylic acids is 1. The summed E-state index contributed by atoms with van der Waals surface area (Å²) >= 11 is 0. The van der Waals surface area contributed by atoms with Crippen molar-refractivity contribution < 1.29 is 9.72 Å². The minimum absolute atomic E-state index is 0.0262. The largest absolute Gasteiger partial charge is 0.293 e. The fourth-order valence-electron chi connectivity index (χ4n) is 2.88. The van der Waals surface area contributed by atoms with Crippen molar-refractivity contribution in [3.8, 4) is 23.0 Å². The van der Waals surface area contributed by atoms with Crippen LogP contribution in [0.25, 0.3) is 23.0 Å². The molecule has 0 bridgehead atoms. The average molecular weight is 400 g/mol. The van der Waals surface area contributed by atoms with Gasteiger partial charge in [-0.25, -0.2) is 4.68 Å². The Balaban J connectivity index is 2.16. The number of Topliss-reactive ketones (excluding diaryl/α,β-unsaturated/α-hetero) is 1. The van der Waals surface area contributed by atoms with E-state index in [0.717, 1.165) is 5.69 Å². The number of hydrogen-bond donors (Lipinski definition) is 0. The number of nitrogens with zero attached hydrogens (tertiary/aromatic N) is 4. The highest BCUT2D eigenvalue weighted by Gasteiger charge is 2.25. The third kappa shape index (κ3) is 4.33. The summed E-state index contributed by atoms with van der Waals surface area (Å²) in [6.07, 6.45) is 3.26. The van der Waals surface area contributed by atoms with E-state index in [1.54, 1.807) is 43.8 Å². The van der Waals surface area contributed by atoms with E-state index in [-0.39, 0.29) is 17.0 Å². The van der Waals surface area contributed by atoms with E-state index in [4.69, 9.17) is 0 Å². The number of nitriles is 1. The first-order valence-electron chi connectivity index (χ1n) is 9.27. The van der Waals surface area contributed by atoms with Crippen LogP contribution in [0.2, 0.25) is 0 Å². The first-order chi connectivity index (χ1) is 14.2. The lowest BCUT2D eigenvalue weighted by atomic mass is 9.86. The first-order valence-corrected chi connectivity index (χ1v) is 9.27. The van der Waals surface area contributed by atoms with E-state index < -0.39 is 10.3 Å². The molecular formula is C23H20N4O3. The van der Waals surface area contributed by atoms with E-state index in [1.165, 1.54) is 18.2 Å². The number of nitro benzene ring substituents is 1. The molecule has 0 fully saturated rings. The zero-order valence-corrected chi connectivity index (χ0v) is 16.9. The van der Waals surface area contributed by atoms with Gasteiger partial charge in [0.25, 0.3) is 5.69 Å². The minimum Gasteiger partial charge on any atom is -0.293 e. The van der Waals surface area contributed by atoms with Gasteiger partial charge in [-0.15, -0.1) is 0 Å². The Morgan fingerprint density at radius 2 is 1.77 bits per heavy atom. The van der Waals surface area contributed by atoms with Crippen molar-refractivity contribution in [1.82, 2.24) is 9.78 Å². The van der Waals surface area contributed by atoms with Crippen LogP contribution in [0.15, 0.2) is 66.4 Å². The van der Waals surface area contributed by atoms with Crippen molar-refractivity contribution in [1.29, 1.82) is 5.26 Å². The number of carbonyl (C=O) groups is 1. The lowest BCUT2D eigenvalue weighted by Gasteiger charge is -2.15. The number of hydrogen-bond acceptors (Lipinski definition) is 5. The van der Waals surface area contributed by atoms with Crippen molar-refractivity contribution in [3.05, 3.63) is 82.0 Å². The number of allylic oxidation sites excluding steroid dienone is 1. The number of aromatic nitrogens is 2. The van der Waals surface area contributed by atoms with Crippen LogP contribution in [-0.4, -0.2) is 20.5 Å². The highest BCUT2D eigenvalue weighted by Crippen LogP contribution is 2.29. The predicted octanol–water partition coefficient (Wildman–Crippen LogP) is 4.97. The normalized spacial score (nSPS) is 11.7. The maximum Gasteiger partial charge on any atom is 0.269 e. The lowest BCUT2D eigenvalue weighted by Crippen LogP contribution is -2.21. The molecule has 0 saturated heterocycles. The summed E-state index contributed by atoms with van der Waals surface area (Å²) < 4.78 is 1.65. The number of rotatable bonds is 5. The summed E-state index contributed by atoms with van der Waals surface area (Å²) in [4.78, 5) is 23.1. The van der Waals surface area contributed by atoms with Gasteiger partial charge in [-0.2, -0.15) is 10.4 Å². The van der Waals surface area contributed by atoms with Crippen LogP contribution in [0.1, 0.15) is 26.3 Å². The molecule has 0 aliphatic rings. The molecule has 0 aliphatic heterocycles. The lowest BCUT2D eigenvalue weighted by molar-refractivity contribution is -0.384. The number of nitro groups is 1. The Hall–Kier alpha value is -4.05. The highest BCUT2D eigenvalue weighted by molar-refractivity contribution is 6.06. The Morgan fingerprint density at radius 3 is 2.30 bits per heavy atom. The molecule has 0 radical (unpaired) electrons. The fourth-order valence-corrected chi connectivity index (χ4v) is 2.88. The van der Waals surface area contributed by atoms with Crippen LogP contribution in [-0.2, 0) is 4.79 Å². The number of benzene rings is 2. The summed E-state index contributed by atoms with van der Waals surface area (Å²) in [5, 5.41) is 25.1. The van der Waals surface area contributed by atoms with Gasteiger partial charge < -0.3 is 0 Å². The molecule has 7 nitrogen and oxygen atoms in total. The number of non-ortho nitro benzene ring substituents is 1. The standard InChI is InChI=1S/C23H20N4O3/c1-23(2,3)22(28)17(14-24)13-18-15-26(19-7-5-4-6-8-19)25-21(18)16-9-11-20(12-10-16)27(29)30/h4-13,15H,1-3H3/b17-13+. The van der Waals surface area contributed by atoms with Crippen molar-refractivity contribution in [2.75, 3.05) is 0 Å². The summed E-state index contributed by atoms with van der Waals surface area (Å²) in [5.41, 5.74) is 1.83. The van der Waals surface area contributed by atoms with Gasteiger partial charge in [-0.3, -0.25) is 14.9 Å². The Labute approximate surface area is 174 Å². The molecule has 30 heavy (non-hydrogen) atoms. The molecule has 1 heterocycles. The second kappa shape index (κ2) is 8.13. The molecule has 3 aromatic rings. The molecule has 0 N–H and O–H groups in total. The molecule has 0 saturated carbocycles. The van der Waals surface area contributed by atoms with E-state index >= 15 is 0 Å². The quantitative estimate of drug-likeness (QED) is 0.260. The van der Waals surface area contributed by atoms with E-state index in [0.29, 0.717) is 16.8 Å². The molecule has 3 rings (SSSR count). The molecule has 2 aromatic carbocycles. The molecule has 150 valence electrons. The zero-order valence-electron chi connectivity index (χ0n) is 16.9. The third-order valence-electron chi connectivity index (χ3n) is 4.46. The Kier molecular flexibility index (Phi) is 5.61. The number of ketones is 1. The van der Waals surface area contributed by atoms with Gasteiger partial charge in [0.15, 0.2) is 5.78 Å². The van der Waals surface area contributed by atoms with Crippen LogP contribution in [0.4, 0.5) is 5.69 Å². The minimum atomic E-state index is -0.704.